The van der Waals surface area contributed by atoms with Gasteiger partial charge in [-0.2, -0.15) is 0 Å². The molecule has 0 spiro atoms. The van der Waals surface area contributed by atoms with Gasteiger partial charge in [-0.3, -0.25) is 0 Å². The summed E-state index contributed by atoms with van der Waals surface area (Å²) in [6, 6.07) is 24.3. The fraction of sp³-hybridized carbons (Fsp3) is 0.394. The first-order valence-electron chi connectivity index (χ1n) is 13.6. The quantitative estimate of drug-likeness (QED) is 0.167. The highest BCUT2D eigenvalue weighted by Gasteiger charge is 2.45. The number of hydrogen-bond acceptors (Lipinski definition) is 5. The lowest BCUT2D eigenvalue weighted by Crippen LogP contribution is -2.43. The monoisotopic (exact) mass is 624 g/mol. The van der Waals surface area contributed by atoms with Gasteiger partial charge in [0.1, 0.15) is 22.8 Å². The zero-order chi connectivity index (χ0) is 29.1. The number of ether oxygens (including phenoxy) is 4. The summed E-state index contributed by atoms with van der Waals surface area (Å²) < 4.78 is 31.6. The predicted octanol–water partition coefficient (Wildman–Crippen LogP) is 8.46. The van der Waals surface area contributed by atoms with E-state index in [-0.39, 0.29) is 17.2 Å². The van der Waals surface area contributed by atoms with E-state index in [1.165, 1.54) is 0 Å². The minimum absolute atomic E-state index is 0.0273. The van der Waals surface area contributed by atoms with E-state index in [1.54, 1.807) is 21.3 Å². The third-order valence-corrected chi connectivity index (χ3v) is 13.4. The average Bonchev–Trinajstić information content (AvgIpc) is 3.28. The number of methoxy groups -OCH3 is 3. The summed E-state index contributed by atoms with van der Waals surface area (Å²) in [5.74, 6) is 2.35. The standard InChI is InChI=1S/C33H41BrO5Si/c1-32(2,3)40(7,8)39-29-21-30(34)31(22-29)38-33(23-9-15-26(35-4)16-10-23,24-11-17-27(36-5)18-12-24)25-13-19-28(37-6)20-14-25/h9-21,29,31H,22H2,1-8H3/t29-,31-/m0/s1. The lowest BCUT2D eigenvalue weighted by Gasteiger charge is -2.40. The summed E-state index contributed by atoms with van der Waals surface area (Å²) in [6.07, 6.45) is 2.64. The molecule has 0 heterocycles. The Morgan fingerprint density at radius 1 is 0.675 bits per heavy atom. The summed E-state index contributed by atoms with van der Waals surface area (Å²) in [4.78, 5) is 0. The first-order valence-corrected chi connectivity index (χ1v) is 17.3. The highest BCUT2D eigenvalue weighted by Crippen LogP contribution is 2.47. The summed E-state index contributed by atoms with van der Waals surface area (Å²) in [5.41, 5.74) is 2.02. The molecule has 1 aliphatic rings. The van der Waals surface area contributed by atoms with E-state index in [0.717, 1.165) is 44.8 Å². The average molecular weight is 626 g/mol. The van der Waals surface area contributed by atoms with Gasteiger partial charge in [-0.05, 0) is 77.3 Å². The summed E-state index contributed by atoms with van der Waals surface area (Å²) in [7, 11) is 3.05. The van der Waals surface area contributed by atoms with Gasteiger partial charge in [0.25, 0.3) is 0 Å². The van der Waals surface area contributed by atoms with Crippen molar-refractivity contribution in [2.45, 2.75) is 63.1 Å². The van der Waals surface area contributed by atoms with Crippen LogP contribution < -0.4 is 14.2 Å². The van der Waals surface area contributed by atoms with Gasteiger partial charge in [0.2, 0.25) is 0 Å². The van der Waals surface area contributed by atoms with Crippen LogP contribution in [0.2, 0.25) is 18.1 Å². The van der Waals surface area contributed by atoms with Gasteiger partial charge in [-0.1, -0.05) is 73.1 Å². The number of halogens is 1. The molecule has 0 bridgehead atoms. The van der Waals surface area contributed by atoms with E-state index < -0.39 is 13.9 Å². The van der Waals surface area contributed by atoms with E-state index in [9.17, 15) is 0 Å². The molecule has 40 heavy (non-hydrogen) atoms. The summed E-state index contributed by atoms with van der Waals surface area (Å²) in [6.45, 7) is 11.4. The second kappa shape index (κ2) is 12.1. The van der Waals surface area contributed by atoms with Crippen LogP contribution in [-0.4, -0.2) is 41.9 Å². The number of rotatable bonds is 10. The molecule has 1 aliphatic carbocycles. The molecular weight excluding hydrogens is 584 g/mol. The van der Waals surface area contributed by atoms with Crippen molar-refractivity contribution in [1.29, 1.82) is 0 Å². The minimum atomic E-state index is -1.97. The van der Waals surface area contributed by atoms with Gasteiger partial charge in [0.15, 0.2) is 8.32 Å². The molecule has 0 aliphatic heterocycles. The van der Waals surface area contributed by atoms with E-state index in [2.05, 4.69) is 92.3 Å². The Labute approximate surface area is 248 Å². The molecule has 3 aromatic carbocycles. The molecule has 0 fully saturated rings. The van der Waals surface area contributed by atoms with Crippen LogP contribution in [0.3, 0.4) is 0 Å². The molecular formula is C33H41BrO5Si. The van der Waals surface area contributed by atoms with Crippen molar-refractivity contribution in [2.75, 3.05) is 21.3 Å². The Hall–Kier alpha value is -2.58. The Morgan fingerprint density at radius 2 is 1.05 bits per heavy atom. The van der Waals surface area contributed by atoms with E-state index in [0.29, 0.717) is 0 Å². The zero-order valence-electron chi connectivity index (χ0n) is 24.8. The molecule has 0 N–H and O–H groups in total. The number of hydrogen-bond donors (Lipinski definition) is 0. The van der Waals surface area contributed by atoms with E-state index in [4.69, 9.17) is 23.4 Å². The molecule has 3 aromatic rings. The summed E-state index contributed by atoms with van der Waals surface area (Å²) in [5, 5.41) is 0.116. The first kappa shape index (κ1) is 30.4. The van der Waals surface area contributed by atoms with Gasteiger partial charge >= 0.3 is 0 Å². The van der Waals surface area contributed by atoms with Crippen LogP contribution in [0.5, 0.6) is 17.2 Å². The van der Waals surface area contributed by atoms with Crippen LogP contribution in [0.4, 0.5) is 0 Å². The fourth-order valence-corrected chi connectivity index (χ4v) is 6.66. The van der Waals surface area contributed by atoms with Crippen LogP contribution >= 0.6 is 15.9 Å². The topological polar surface area (TPSA) is 46.2 Å². The fourth-order valence-electron chi connectivity index (χ4n) is 4.81. The Morgan fingerprint density at radius 3 is 1.38 bits per heavy atom. The molecule has 0 aromatic heterocycles. The zero-order valence-corrected chi connectivity index (χ0v) is 27.4. The Bertz CT molecular complexity index is 1180. The molecule has 5 nitrogen and oxygen atoms in total. The summed E-state index contributed by atoms with van der Waals surface area (Å²) >= 11 is 3.85. The van der Waals surface area contributed by atoms with E-state index >= 15 is 0 Å². The lowest BCUT2D eigenvalue weighted by molar-refractivity contribution is -0.0330. The smallest absolute Gasteiger partial charge is 0.192 e. The maximum Gasteiger partial charge on any atom is 0.192 e. The molecule has 0 unspecified atom stereocenters. The molecule has 0 saturated heterocycles. The van der Waals surface area contributed by atoms with Crippen molar-refractivity contribution >= 4 is 24.2 Å². The molecule has 214 valence electrons. The molecule has 4 rings (SSSR count). The third-order valence-electron chi connectivity index (χ3n) is 8.16. The van der Waals surface area contributed by atoms with Crippen LogP contribution in [0.25, 0.3) is 0 Å². The van der Waals surface area contributed by atoms with Gasteiger partial charge in [0.05, 0.1) is 33.5 Å². The molecule has 2 atom stereocenters. The second-order valence-electron chi connectivity index (χ2n) is 11.7. The van der Waals surface area contributed by atoms with Crippen molar-refractivity contribution in [3.8, 4) is 17.2 Å². The molecule has 0 radical (unpaired) electrons. The molecule has 7 heteroatoms. The first-order chi connectivity index (χ1) is 18.9. The SMILES string of the molecule is COc1ccc(C(O[C@H]2C[C@@H](O[Si](C)(C)C(C)(C)C)C=C2Br)(c2ccc(OC)cc2)c2ccc(OC)cc2)cc1. The van der Waals surface area contributed by atoms with Crippen molar-refractivity contribution < 1.29 is 23.4 Å². The van der Waals surface area contributed by atoms with Gasteiger partial charge in [-0.25, -0.2) is 0 Å². The molecule has 0 saturated carbocycles. The van der Waals surface area contributed by atoms with Gasteiger partial charge < -0.3 is 23.4 Å². The van der Waals surface area contributed by atoms with Crippen molar-refractivity contribution in [3.05, 3.63) is 100 Å². The predicted molar refractivity (Wildman–Crippen MR) is 167 cm³/mol. The second-order valence-corrected chi connectivity index (χ2v) is 17.3. The van der Waals surface area contributed by atoms with E-state index in [1.807, 2.05) is 36.4 Å². The van der Waals surface area contributed by atoms with Gasteiger partial charge in [-0.15, -0.1) is 0 Å². The highest BCUT2D eigenvalue weighted by atomic mass is 79.9. The van der Waals surface area contributed by atoms with Crippen LogP contribution in [-0.2, 0) is 14.8 Å². The minimum Gasteiger partial charge on any atom is -0.497 e. The maximum atomic E-state index is 7.32. The normalized spacial score (nSPS) is 17.9. The number of benzene rings is 3. The van der Waals surface area contributed by atoms with Crippen molar-refractivity contribution in [1.82, 2.24) is 0 Å². The van der Waals surface area contributed by atoms with Gasteiger partial charge in [0, 0.05) is 10.9 Å². The Kier molecular flexibility index (Phi) is 9.20. The van der Waals surface area contributed by atoms with Crippen LogP contribution in [0, 0.1) is 0 Å². The lowest BCUT2D eigenvalue weighted by atomic mass is 9.79. The van der Waals surface area contributed by atoms with Crippen molar-refractivity contribution in [3.63, 3.8) is 0 Å². The van der Waals surface area contributed by atoms with Crippen LogP contribution in [0.1, 0.15) is 43.9 Å². The van der Waals surface area contributed by atoms with Crippen LogP contribution in [0.15, 0.2) is 83.4 Å². The molecule has 0 amide bonds. The maximum absolute atomic E-state index is 7.32. The highest BCUT2D eigenvalue weighted by molar-refractivity contribution is 9.11. The Balaban J connectivity index is 1.83. The third kappa shape index (κ3) is 6.18. The largest absolute Gasteiger partial charge is 0.497 e. The van der Waals surface area contributed by atoms with Crippen molar-refractivity contribution in [2.24, 2.45) is 0 Å².